The van der Waals surface area contributed by atoms with Crippen molar-refractivity contribution in [3.05, 3.63) is 24.3 Å². The minimum Gasteiger partial charge on any atom is -0.462 e. The van der Waals surface area contributed by atoms with Crippen molar-refractivity contribution >= 4 is 11.9 Å². The van der Waals surface area contributed by atoms with E-state index in [2.05, 4.69) is 50.4 Å². The van der Waals surface area contributed by atoms with Crippen LogP contribution < -0.4 is 5.32 Å². The molecule has 6 nitrogen and oxygen atoms in total. The van der Waals surface area contributed by atoms with Crippen LogP contribution in [0.25, 0.3) is 0 Å². The van der Waals surface area contributed by atoms with Crippen LogP contribution in [-0.2, 0) is 14.3 Å². The van der Waals surface area contributed by atoms with Gasteiger partial charge in [-0.05, 0) is 51.4 Å². The predicted octanol–water partition coefficient (Wildman–Crippen LogP) is 14.3. The second-order valence-electron chi connectivity index (χ2n) is 16.9. The average Bonchev–Trinajstić information content (AvgIpc) is 3.19. The zero-order valence-corrected chi connectivity index (χ0v) is 37.5. The van der Waals surface area contributed by atoms with E-state index in [0.29, 0.717) is 19.3 Å². The average molecular weight is 790 g/mol. The monoisotopic (exact) mass is 790 g/mol. The van der Waals surface area contributed by atoms with E-state index in [9.17, 15) is 19.8 Å². The van der Waals surface area contributed by atoms with E-state index in [1.807, 2.05) is 0 Å². The van der Waals surface area contributed by atoms with Crippen molar-refractivity contribution in [2.45, 2.75) is 277 Å². The van der Waals surface area contributed by atoms with Crippen molar-refractivity contribution in [1.29, 1.82) is 0 Å². The molecular formula is C50H95NO5. The summed E-state index contributed by atoms with van der Waals surface area (Å²) >= 11 is 0. The van der Waals surface area contributed by atoms with Gasteiger partial charge in [0.1, 0.15) is 6.10 Å². The number of aliphatic hydroxyl groups excluding tert-OH is 2. The van der Waals surface area contributed by atoms with Gasteiger partial charge < -0.3 is 20.3 Å². The van der Waals surface area contributed by atoms with Crippen LogP contribution in [-0.4, -0.2) is 46.9 Å². The molecule has 3 atom stereocenters. The minimum absolute atomic E-state index is 0.0751. The molecule has 0 aliphatic heterocycles. The van der Waals surface area contributed by atoms with E-state index >= 15 is 0 Å². The minimum atomic E-state index is -0.784. The van der Waals surface area contributed by atoms with Crippen LogP contribution in [0.3, 0.4) is 0 Å². The van der Waals surface area contributed by atoms with Crippen LogP contribution in [0.5, 0.6) is 0 Å². The lowest BCUT2D eigenvalue weighted by Gasteiger charge is -2.24. The van der Waals surface area contributed by atoms with E-state index in [4.69, 9.17) is 4.74 Å². The Morgan fingerprint density at radius 2 is 0.893 bits per heavy atom. The summed E-state index contributed by atoms with van der Waals surface area (Å²) in [5.41, 5.74) is 0. The van der Waals surface area contributed by atoms with Crippen molar-refractivity contribution in [2.24, 2.45) is 0 Å². The highest BCUT2D eigenvalue weighted by Crippen LogP contribution is 2.18. The Morgan fingerprint density at radius 1 is 0.518 bits per heavy atom. The molecule has 3 N–H and O–H groups in total. The summed E-state index contributed by atoms with van der Waals surface area (Å²) in [6, 6.07) is -0.697. The van der Waals surface area contributed by atoms with Gasteiger partial charge in [-0.1, -0.05) is 218 Å². The molecule has 0 saturated carbocycles. The van der Waals surface area contributed by atoms with Gasteiger partial charge in [-0.2, -0.15) is 0 Å². The van der Waals surface area contributed by atoms with Crippen molar-refractivity contribution in [2.75, 3.05) is 6.61 Å². The highest BCUT2D eigenvalue weighted by atomic mass is 16.5. The molecule has 3 unspecified atom stereocenters. The summed E-state index contributed by atoms with van der Waals surface area (Å²) in [6.45, 7) is 6.45. The molecule has 0 aromatic rings. The van der Waals surface area contributed by atoms with E-state index in [0.717, 1.165) is 51.4 Å². The normalized spacial score (nSPS) is 13.4. The molecule has 0 aromatic heterocycles. The molecular weight excluding hydrogens is 695 g/mol. The summed E-state index contributed by atoms with van der Waals surface area (Å²) < 4.78 is 5.89. The SMILES string of the molecule is CCCCCCCCC/C=C/C=C/CCCCCCCC(=O)OC(CCCCCCCCCC)CC(=O)NC(CO)C(O)CCCCCCCCCCCCC. The van der Waals surface area contributed by atoms with E-state index in [1.165, 1.54) is 161 Å². The van der Waals surface area contributed by atoms with Gasteiger partial charge in [0, 0.05) is 6.42 Å². The molecule has 330 valence electrons. The number of carbonyl (C=O) groups is 2. The van der Waals surface area contributed by atoms with Crippen LogP contribution in [0.4, 0.5) is 0 Å². The molecule has 56 heavy (non-hydrogen) atoms. The van der Waals surface area contributed by atoms with Gasteiger partial charge in [-0.25, -0.2) is 0 Å². The maximum atomic E-state index is 13.1. The number of aliphatic hydroxyl groups is 2. The second-order valence-corrected chi connectivity index (χ2v) is 16.9. The van der Waals surface area contributed by atoms with E-state index in [-0.39, 0.29) is 24.9 Å². The number of unbranched alkanes of at least 4 members (excludes halogenated alkanes) is 29. The Hall–Kier alpha value is -1.66. The van der Waals surface area contributed by atoms with Crippen molar-refractivity contribution in [1.82, 2.24) is 5.32 Å². The van der Waals surface area contributed by atoms with Crippen molar-refractivity contribution in [3.63, 3.8) is 0 Å². The predicted molar refractivity (Wildman–Crippen MR) is 241 cm³/mol. The lowest BCUT2D eigenvalue weighted by Crippen LogP contribution is -2.46. The fourth-order valence-corrected chi connectivity index (χ4v) is 7.54. The molecule has 0 aliphatic carbocycles. The van der Waals surface area contributed by atoms with E-state index in [1.54, 1.807) is 0 Å². The van der Waals surface area contributed by atoms with Crippen molar-refractivity contribution < 1.29 is 24.5 Å². The fraction of sp³-hybridized carbons (Fsp3) is 0.880. The third kappa shape index (κ3) is 39.2. The Balaban J connectivity index is 4.44. The quantitative estimate of drug-likeness (QED) is 0.0324. The number of ether oxygens (including phenoxy) is 1. The van der Waals surface area contributed by atoms with Gasteiger partial charge in [-0.3, -0.25) is 9.59 Å². The molecule has 0 aromatic carbocycles. The molecule has 0 spiro atoms. The molecule has 0 heterocycles. The van der Waals surface area contributed by atoms with Crippen LogP contribution >= 0.6 is 0 Å². The maximum Gasteiger partial charge on any atom is 0.306 e. The van der Waals surface area contributed by atoms with Gasteiger partial charge in [0.25, 0.3) is 0 Å². The fourth-order valence-electron chi connectivity index (χ4n) is 7.54. The summed E-state index contributed by atoms with van der Waals surface area (Å²) in [5, 5.41) is 23.6. The van der Waals surface area contributed by atoms with Crippen LogP contribution in [0.1, 0.15) is 258 Å². The molecule has 0 aliphatic rings. The summed E-state index contributed by atoms with van der Waals surface area (Å²) in [4.78, 5) is 26.0. The van der Waals surface area contributed by atoms with Gasteiger partial charge in [-0.15, -0.1) is 0 Å². The maximum absolute atomic E-state index is 13.1. The molecule has 0 saturated heterocycles. The zero-order valence-electron chi connectivity index (χ0n) is 37.5. The first-order valence-corrected chi connectivity index (χ1v) is 24.6. The number of rotatable bonds is 44. The number of allylic oxidation sites excluding steroid dienone is 4. The molecule has 0 radical (unpaired) electrons. The molecule has 0 fully saturated rings. The van der Waals surface area contributed by atoms with Gasteiger partial charge in [0.15, 0.2) is 0 Å². The Kier molecular flexibility index (Phi) is 43.1. The lowest BCUT2D eigenvalue weighted by molar-refractivity contribution is -0.151. The summed E-state index contributed by atoms with van der Waals surface area (Å²) in [5.74, 6) is -0.485. The standard InChI is InChI=1S/C50H95NO5/c1-4-7-10-13-16-19-21-22-23-24-25-26-27-29-31-34-37-40-43-50(55)56-46(41-38-35-32-18-15-12-9-6-3)44-49(54)51-47(45-52)48(53)42-39-36-33-30-28-20-17-14-11-8-5-2/h23-26,46-48,52-53H,4-22,27-45H2,1-3H3,(H,51,54)/b24-23+,26-25+. The number of hydrogen-bond acceptors (Lipinski definition) is 5. The Morgan fingerprint density at radius 3 is 1.32 bits per heavy atom. The largest absolute Gasteiger partial charge is 0.462 e. The lowest BCUT2D eigenvalue weighted by atomic mass is 10.0. The van der Waals surface area contributed by atoms with Gasteiger partial charge in [0.2, 0.25) is 5.91 Å². The number of carbonyl (C=O) groups excluding carboxylic acids is 2. The van der Waals surface area contributed by atoms with E-state index < -0.39 is 18.2 Å². The highest BCUT2D eigenvalue weighted by Gasteiger charge is 2.24. The Labute approximate surface area is 348 Å². The number of nitrogens with one attached hydrogen (secondary N) is 1. The first-order chi connectivity index (χ1) is 27.5. The van der Waals surface area contributed by atoms with Gasteiger partial charge in [0.05, 0.1) is 25.2 Å². The molecule has 1 amide bonds. The molecule has 6 heteroatoms. The van der Waals surface area contributed by atoms with Gasteiger partial charge >= 0.3 is 5.97 Å². The first kappa shape index (κ1) is 54.3. The van der Waals surface area contributed by atoms with Crippen LogP contribution in [0, 0.1) is 0 Å². The second kappa shape index (κ2) is 44.4. The zero-order chi connectivity index (χ0) is 41.0. The summed E-state index contributed by atoms with van der Waals surface area (Å²) in [7, 11) is 0. The number of esters is 1. The van der Waals surface area contributed by atoms with Crippen molar-refractivity contribution in [3.8, 4) is 0 Å². The number of hydrogen-bond donors (Lipinski definition) is 3. The number of amides is 1. The smallest absolute Gasteiger partial charge is 0.306 e. The third-order valence-electron chi connectivity index (χ3n) is 11.3. The molecule has 0 bridgehead atoms. The summed E-state index contributed by atoms with van der Waals surface area (Å²) in [6.07, 6.45) is 49.6. The Bertz CT molecular complexity index is 889. The first-order valence-electron chi connectivity index (χ1n) is 24.6. The molecule has 0 rings (SSSR count). The van der Waals surface area contributed by atoms with Crippen LogP contribution in [0.2, 0.25) is 0 Å². The highest BCUT2D eigenvalue weighted by molar-refractivity contribution is 5.77. The van der Waals surface area contributed by atoms with Crippen LogP contribution in [0.15, 0.2) is 24.3 Å². The third-order valence-corrected chi connectivity index (χ3v) is 11.3. The topological polar surface area (TPSA) is 95.9 Å².